The third-order valence-corrected chi connectivity index (χ3v) is 5.82. The number of aryl methyl sites for hydroxylation is 1. The lowest BCUT2D eigenvalue weighted by Gasteiger charge is -2.29. The second kappa shape index (κ2) is 12.6. The third kappa shape index (κ3) is 8.78. The first-order valence-corrected chi connectivity index (χ1v) is 12.5. The summed E-state index contributed by atoms with van der Waals surface area (Å²) in [4.78, 5) is 35.7. The summed E-state index contributed by atoms with van der Waals surface area (Å²) in [5, 5.41) is 12.2. The van der Waals surface area contributed by atoms with Crippen LogP contribution in [0.2, 0.25) is 0 Å². The monoisotopic (exact) mass is 513 g/mol. The molecule has 1 aromatic heterocycles. The lowest BCUT2D eigenvalue weighted by atomic mass is 10.0. The van der Waals surface area contributed by atoms with Gasteiger partial charge in [-0.2, -0.15) is 4.98 Å². The van der Waals surface area contributed by atoms with Crippen LogP contribution in [0.4, 0.5) is 22.2 Å². The summed E-state index contributed by atoms with van der Waals surface area (Å²) in [5.41, 5.74) is 1.48. The Balaban J connectivity index is 1.59. The van der Waals surface area contributed by atoms with Crippen LogP contribution in [-0.4, -0.2) is 78.8 Å². The zero-order valence-corrected chi connectivity index (χ0v) is 22.6. The van der Waals surface area contributed by atoms with Crippen molar-refractivity contribution in [2.45, 2.75) is 52.2 Å². The molecule has 0 saturated carbocycles. The van der Waals surface area contributed by atoms with Crippen LogP contribution in [-0.2, 0) is 4.74 Å². The van der Waals surface area contributed by atoms with Gasteiger partial charge in [-0.25, -0.2) is 9.78 Å². The largest absolute Gasteiger partial charge is 0.495 e. The summed E-state index contributed by atoms with van der Waals surface area (Å²) in [6.07, 6.45) is 3.12. The van der Waals surface area contributed by atoms with E-state index < -0.39 is 11.7 Å². The average molecular weight is 514 g/mol. The zero-order valence-electron chi connectivity index (χ0n) is 22.6. The third-order valence-electron chi connectivity index (χ3n) is 5.82. The van der Waals surface area contributed by atoms with Crippen molar-refractivity contribution in [3.05, 3.63) is 35.5 Å². The smallest absolute Gasteiger partial charge is 0.407 e. The predicted octanol–water partition coefficient (Wildman–Crippen LogP) is 3.30. The van der Waals surface area contributed by atoms with E-state index in [-0.39, 0.29) is 11.9 Å². The van der Waals surface area contributed by atoms with Crippen molar-refractivity contribution in [1.29, 1.82) is 0 Å². The van der Waals surface area contributed by atoms with Gasteiger partial charge in [0.15, 0.2) is 0 Å². The fraction of sp³-hybridized carbons (Fsp3) is 0.538. The summed E-state index contributed by atoms with van der Waals surface area (Å²) in [5.74, 6) is 1.40. The van der Waals surface area contributed by atoms with E-state index in [1.807, 2.05) is 27.7 Å². The Morgan fingerprint density at radius 1 is 1.16 bits per heavy atom. The minimum absolute atomic E-state index is 0.113. The highest BCUT2D eigenvalue weighted by Crippen LogP contribution is 2.28. The molecule has 0 spiro atoms. The van der Waals surface area contributed by atoms with Gasteiger partial charge >= 0.3 is 6.09 Å². The van der Waals surface area contributed by atoms with Crippen molar-refractivity contribution in [3.8, 4) is 5.75 Å². The minimum Gasteiger partial charge on any atom is -0.495 e. The normalized spacial score (nSPS) is 14.5. The molecule has 0 atom stereocenters. The maximum atomic E-state index is 12.8. The Hall–Kier alpha value is -3.60. The number of likely N-dealkylation sites (tertiary alicyclic amines) is 1. The van der Waals surface area contributed by atoms with Gasteiger partial charge in [0.05, 0.1) is 12.8 Å². The Morgan fingerprint density at radius 2 is 1.89 bits per heavy atom. The molecule has 202 valence electrons. The van der Waals surface area contributed by atoms with Gasteiger partial charge in [0.25, 0.3) is 5.91 Å². The molecular weight excluding hydrogens is 474 g/mol. The summed E-state index contributed by atoms with van der Waals surface area (Å²) in [6.45, 7) is 10.1. The number of nitrogens with zero attached hydrogens (tertiary/aromatic N) is 3. The number of hydrogen-bond donors (Lipinski definition) is 4. The summed E-state index contributed by atoms with van der Waals surface area (Å²) in [6, 6.07) is 5.43. The van der Waals surface area contributed by atoms with Crippen molar-refractivity contribution < 1.29 is 19.1 Å². The van der Waals surface area contributed by atoms with Crippen LogP contribution in [0.1, 0.15) is 49.5 Å². The first-order chi connectivity index (χ1) is 17.5. The number of hydrogen-bond acceptors (Lipinski definition) is 9. The van der Waals surface area contributed by atoms with Crippen molar-refractivity contribution in [3.63, 3.8) is 0 Å². The van der Waals surface area contributed by atoms with Crippen molar-refractivity contribution in [2.75, 3.05) is 51.0 Å². The van der Waals surface area contributed by atoms with Crippen LogP contribution in [0.25, 0.3) is 0 Å². The quantitative estimate of drug-likeness (QED) is 0.373. The van der Waals surface area contributed by atoms with Crippen LogP contribution >= 0.6 is 0 Å². The van der Waals surface area contributed by atoms with Gasteiger partial charge in [-0.05, 0) is 78.9 Å². The fourth-order valence-corrected chi connectivity index (χ4v) is 3.82. The highest BCUT2D eigenvalue weighted by atomic mass is 16.6. The highest BCUT2D eigenvalue weighted by Gasteiger charge is 2.20. The molecule has 3 rings (SSSR count). The molecule has 2 aromatic rings. The first-order valence-electron chi connectivity index (χ1n) is 12.5. The van der Waals surface area contributed by atoms with Crippen LogP contribution in [0.3, 0.4) is 0 Å². The van der Waals surface area contributed by atoms with Gasteiger partial charge in [-0.3, -0.25) is 4.79 Å². The Bertz CT molecular complexity index is 1080. The molecule has 1 fully saturated rings. The number of carbonyl (C=O) groups excluding carboxylic acids is 2. The number of aromatic nitrogens is 2. The van der Waals surface area contributed by atoms with Crippen molar-refractivity contribution in [1.82, 2.24) is 25.5 Å². The molecule has 0 bridgehead atoms. The summed E-state index contributed by atoms with van der Waals surface area (Å²) >= 11 is 0. The fourth-order valence-electron chi connectivity index (χ4n) is 3.82. The van der Waals surface area contributed by atoms with E-state index in [4.69, 9.17) is 9.47 Å². The van der Waals surface area contributed by atoms with E-state index in [0.717, 1.165) is 31.5 Å². The number of ether oxygens (including phenoxy) is 2. The lowest BCUT2D eigenvalue weighted by Crippen LogP contribution is -2.43. The van der Waals surface area contributed by atoms with Crippen molar-refractivity contribution >= 4 is 29.5 Å². The Labute approximate surface area is 218 Å². The van der Waals surface area contributed by atoms with Gasteiger partial charge in [-0.15, -0.1) is 0 Å². The van der Waals surface area contributed by atoms with Crippen LogP contribution < -0.4 is 26.0 Å². The maximum Gasteiger partial charge on any atom is 0.407 e. The number of rotatable bonds is 9. The molecule has 2 heterocycles. The zero-order chi connectivity index (χ0) is 27.0. The van der Waals surface area contributed by atoms with Gasteiger partial charge in [0, 0.05) is 36.5 Å². The molecule has 0 aliphatic carbocycles. The number of alkyl carbamates (subject to hydrolysis) is 1. The average Bonchev–Trinajstić information content (AvgIpc) is 2.84. The SMILES string of the molecule is COc1cc(C(=O)NC2CCN(C)CC2)ccc1Nc1ncc(C)c(NCCNC(=O)OC(C)(C)C)n1. The number of amides is 2. The standard InChI is InChI=1S/C26H39N7O4/c1-17-16-29-24(32-22(17)27-11-12-28-25(35)37-26(2,3)4)31-20-8-7-18(15-21(20)36-6)23(34)30-19-9-13-33(5)14-10-19/h7-8,15-16,19H,9-14H2,1-6H3,(H,28,35)(H,30,34)(H2,27,29,31,32). The van der Waals surface area contributed by atoms with Crippen LogP contribution in [0.5, 0.6) is 5.75 Å². The van der Waals surface area contributed by atoms with E-state index in [1.54, 1.807) is 31.5 Å². The molecule has 4 N–H and O–H groups in total. The molecule has 37 heavy (non-hydrogen) atoms. The van der Waals surface area contributed by atoms with Gasteiger partial charge < -0.3 is 35.6 Å². The summed E-state index contributed by atoms with van der Waals surface area (Å²) < 4.78 is 10.8. The molecular formula is C26H39N7O4. The van der Waals surface area contributed by atoms with E-state index >= 15 is 0 Å². The maximum absolute atomic E-state index is 12.8. The van der Waals surface area contributed by atoms with Crippen LogP contribution in [0.15, 0.2) is 24.4 Å². The molecule has 0 radical (unpaired) electrons. The molecule has 1 saturated heterocycles. The molecule has 1 aliphatic rings. The number of benzene rings is 1. The highest BCUT2D eigenvalue weighted by molar-refractivity contribution is 5.95. The topological polar surface area (TPSA) is 130 Å². The molecule has 2 amide bonds. The van der Waals surface area contributed by atoms with Gasteiger partial charge in [0.2, 0.25) is 5.95 Å². The van der Waals surface area contributed by atoms with E-state index in [1.165, 1.54) is 0 Å². The van der Waals surface area contributed by atoms with Crippen molar-refractivity contribution in [2.24, 2.45) is 0 Å². The number of anilines is 3. The second-order valence-electron chi connectivity index (χ2n) is 10.2. The predicted molar refractivity (Wildman–Crippen MR) is 144 cm³/mol. The van der Waals surface area contributed by atoms with E-state index in [2.05, 4.69) is 43.2 Å². The molecule has 0 unspecified atom stereocenters. The van der Waals surface area contributed by atoms with Gasteiger partial charge in [-0.1, -0.05) is 0 Å². The number of carbonyl (C=O) groups is 2. The van der Waals surface area contributed by atoms with E-state index in [9.17, 15) is 9.59 Å². The molecule has 11 heteroatoms. The van der Waals surface area contributed by atoms with E-state index in [0.29, 0.717) is 41.9 Å². The first kappa shape index (κ1) is 28.0. The van der Waals surface area contributed by atoms with Gasteiger partial charge in [0.1, 0.15) is 17.2 Å². The van der Waals surface area contributed by atoms with Crippen LogP contribution in [0, 0.1) is 6.92 Å². The Morgan fingerprint density at radius 3 is 2.57 bits per heavy atom. The lowest BCUT2D eigenvalue weighted by molar-refractivity contribution is 0.0529. The Kier molecular flexibility index (Phi) is 9.51. The summed E-state index contributed by atoms with van der Waals surface area (Å²) in [7, 11) is 3.65. The number of methoxy groups -OCH3 is 1. The molecule has 1 aromatic carbocycles. The minimum atomic E-state index is -0.545. The molecule has 11 nitrogen and oxygen atoms in total. The second-order valence-corrected chi connectivity index (χ2v) is 10.2. The molecule has 1 aliphatic heterocycles. The number of piperidine rings is 1. The number of nitrogens with one attached hydrogen (secondary N) is 4.